The molecule has 1 saturated carbocycles. The molecular weight excluding hydrogens is 236 g/mol. The van der Waals surface area contributed by atoms with Crippen LogP contribution in [0.3, 0.4) is 0 Å². The highest BCUT2D eigenvalue weighted by atomic mass is 16.5. The molecule has 2 aliphatic rings. The van der Waals surface area contributed by atoms with E-state index in [-0.39, 0.29) is 0 Å². The van der Waals surface area contributed by atoms with E-state index in [0.29, 0.717) is 12.1 Å². The summed E-state index contributed by atoms with van der Waals surface area (Å²) in [6, 6.07) is 0.667. The monoisotopic (exact) mass is 268 g/mol. The highest BCUT2D eigenvalue weighted by Crippen LogP contribution is 2.27. The Morgan fingerprint density at radius 1 is 1.16 bits per heavy atom. The van der Waals surface area contributed by atoms with Crippen LogP contribution < -0.4 is 5.32 Å². The molecule has 19 heavy (non-hydrogen) atoms. The molecule has 0 aromatic rings. The minimum absolute atomic E-state index is 0.469. The Kier molecular flexibility index (Phi) is 6.62. The molecule has 2 rings (SSSR count). The average molecular weight is 268 g/mol. The van der Waals surface area contributed by atoms with Gasteiger partial charge >= 0.3 is 0 Å². The zero-order valence-electron chi connectivity index (χ0n) is 12.9. The molecule has 0 spiro atoms. The fourth-order valence-electron chi connectivity index (χ4n) is 3.86. The van der Waals surface area contributed by atoms with Crippen molar-refractivity contribution in [2.24, 2.45) is 5.92 Å². The van der Waals surface area contributed by atoms with E-state index in [4.69, 9.17) is 4.74 Å². The van der Waals surface area contributed by atoms with Gasteiger partial charge in [0.15, 0.2) is 0 Å². The van der Waals surface area contributed by atoms with Gasteiger partial charge in [0.2, 0.25) is 0 Å². The van der Waals surface area contributed by atoms with Crippen molar-refractivity contribution in [2.75, 3.05) is 33.3 Å². The Hall–Kier alpha value is -0.120. The van der Waals surface area contributed by atoms with Crippen LogP contribution in [0.4, 0.5) is 0 Å². The maximum atomic E-state index is 5.76. The van der Waals surface area contributed by atoms with Crippen molar-refractivity contribution < 1.29 is 4.74 Å². The maximum absolute atomic E-state index is 5.76. The molecule has 1 heterocycles. The first-order chi connectivity index (χ1) is 9.35. The summed E-state index contributed by atoms with van der Waals surface area (Å²) in [5.74, 6) is 0.847. The molecule has 1 aliphatic carbocycles. The van der Waals surface area contributed by atoms with Crippen molar-refractivity contribution in [2.45, 2.75) is 64.0 Å². The Morgan fingerprint density at radius 3 is 2.68 bits per heavy atom. The molecule has 3 atom stereocenters. The van der Waals surface area contributed by atoms with Gasteiger partial charge < -0.3 is 10.1 Å². The molecule has 3 heteroatoms. The molecule has 3 nitrogen and oxygen atoms in total. The molecule has 2 fully saturated rings. The Labute approximate surface area is 119 Å². The smallest absolute Gasteiger partial charge is 0.0726 e. The number of methoxy groups -OCH3 is 1. The Bertz CT molecular complexity index is 241. The lowest BCUT2D eigenvalue weighted by Crippen LogP contribution is -2.50. The van der Waals surface area contributed by atoms with Gasteiger partial charge in [-0.3, -0.25) is 4.90 Å². The van der Waals surface area contributed by atoms with Crippen molar-refractivity contribution in [1.29, 1.82) is 0 Å². The SMILES string of the molecule is CCCN(CC1CCCNC1)C1CCCCC1OC. The highest BCUT2D eigenvalue weighted by molar-refractivity contribution is 4.86. The van der Waals surface area contributed by atoms with Crippen LogP contribution >= 0.6 is 0 Å². The van der Waals surface area contributed by atoms with Gasteiger partial charge in [0, 0.05) is 19.7 Å². The third-order valence-electron chi connectivity index (χ3n) is 4.84. The van der Waals surface area contributed by atoms with Crippen molar-refractivity contribution in [3.63, 3.8) is 0 Å². The van der Waals surface area contributed by atoms with Crippen molar-refractivity contribution in [3.8, 4) is 0 Å². The van der Waals surface area contributed by atoms with Gasteiger partial charge in [0.25, 0.3) is 0 Å². The van der Waals surface area contributed by atoms with Crippen molar-refractivity contribution >= 4 is 0 Å². The number of piperidine rings is 1. The van der Waals surface area contributed by atoms with E-state index in [2.05, 4.69) is 17.1 Å². The molecule has 0 bridgehead atoms. The molecule has 0 aromatic heterocycles. The summed E-state index contributed by atoms with van der Waals surface area (Å²) in [7, 11) is 1.90. The number of hydrogen-bond acceptors (Lipinski definition) is 3. The van der Waals surface area contributed by atoms with E-state index in [1.807, 2.05) is 7.11 Å². The predicted molar refractivity (Wildman–Crippen MR) is 80.5 cm³/mol. The number of nitrogens with one attached hydrogen (secondary N) is 1. The molecule has 1 saturated heterocycles. The summed E-state index contributed by atoms with van der Waals surface area (Å²) in [5.41, 5.74) is 0. The van der Waals surface area contributed by atoms with Crippen molar-refractivity contribution in [3.05, 3.63) is 0 Å². The van der Waals surface area contributed by atoms with Gasteiger partial charge in [-0.1, -0.05) is 19.8 Å². The first-order valence-electron chi connectivity index (χ1n) is 8.32. The zero-order valence-corrected chi connectivity index (χ0v) is 12.9. The fraction of sp³-hybridized carbons (Fsp3) is 1.00. The molecule has 1 N–H and O–H groups in total. The number of rotatable bonds is 6. The molecule has 0 radical (unpaired) electrons. The van der Waals surface area contributed by atoms with E-state index < -0.39 is 0 Å². The third-order valence-corrected chi connectivity index (χ3v) is 4.84. The first-order valence-corrected chi connectivity index (χ1v) is 8.32. The highest BCUT2D eigenvalue weighted by Gasteiger charge is 2.31. The minimum Gasteiger partial charge on any atom is -0.380 e. The Balaban J connectivity index is 1.92. The van der Waals surface area contributed by atoms with Gasteiger partial charge in [0.05, 0.1) is 6.10 Å². The van der Waals surface area contributed by atoms with Crippen LogP contribution in [0.2, 0.25) is 0 Å². The summed E-state index contributed by atoms with van der Waals surface area (Å²) in [4.78, 5) is 2.74. The topological polar surface area (TPSA) is 24.5 Å². The second-order valence-electron chi connectivity index (χ2n) is 6.33. The molecule has 0 aromatic carbocycles. The predicted octanol–water partition coefficient (Wildman–Crippen LogP) is 2.66. The van der Waals surface area contributed by atoms with Crippen LogP contribution in [0.1, 0.15) is 51.9 Å². The maximum Gasteiger partial charge on any atom is 0.0726 e. The summed E-state index contributed by atoms with van der Waals surface area (Å²) >= 11 is 0. The van der Waals surface area contributed by atoms with E-state index >= 15 is 0 Å². The van der Waals surface area contributed by atoms with Crippen LogP contribution in [-0.2, 0) is 4.74 Å². The van der Waals surface area contributed by atoms with Crippen molar-refractivity contribution in [1.82, 2.24) is 10.2 Å². The summed E-state index contributed by atoms with van der Waals surface area (Å²) in [6.45, 7) is 7.24. The van der Waals surface area contributed by atoms with E-state index in [9.17, 15) is 0 Å². The van der Waals surface area contributed by atoms with Crippen LogP contribution in [0, 0.1) is 5.92 Å². The molecule has 112 valence electrons. The van der Waals surface area contributed by atoms with Gasteiger partial charge in [-0.25, -0.2) is 0 Å². The van der Waals surface area contributed by atoms with E-state index in [1.54, 1.807) is 0 Å². The number of nitrogens with zero attached hydrogens (tertiary/aromatic N) is 1. The number of ether oxygens (including phenoxy) is 1. The quantitative estimate of drug-likeness (QED) is 0.801. The fourth-order valence-corrected chi connectivity index (χ4v) is 3.86. The molecule has 3 unspecified atom stereocenters. The average Bonchev–Trinajstić information content (AvgIpc) is 2.48. The number of hydrogen-bond donors (Lipinski definition) is 1. The van der Waals surface area contributed by atoms with Gasteiger partial charge in [-0.15, -0.1) is 0 Å². The van der Waals surface area contributed by atoms with Gasteiger partial charge in [-0.05, 0) is 57.7 Å². The Morgan fingerprint density at radius 2 is 2.00 bits per heavy atom. The molecular formula is C16H32N2O. The largest absolute Gasteiger partial charge is 0.380 e. The normalized spacial score (nSPS) is 32.7. The lowest BCUT2D eigenvalue weighted by molar-refractivity contribution is -0.0172. The first kappa shape index (κ1) is 15.3. The summed E-state index contributed by atoms with van der Waals surface area (Å²) in [6.07, 6.45) is 9.79. The second-order valence-corrected chi connectivity index (χ2v) is 6.33. The van der Waals surface area contributed by atoms with E-state index in [0.717, 1.165) is 5.92 Å². The van der Waals surface area contributed by atoms with Crippen LogP contribution in [-0.4, -0.2) is 50.3 Å². The van der Waals surface area contributed by atoms with Gasteiger partial charge in [-0.2, -0.15) is 0 Å². The lowest BCUT2D eigenvalue weighted by atomic mass is 9.89. The van der Waals surface area contributed by atoms with Gasteiger partial charge in [0.1, 0.15) is 0 Å². The standard InChI is InChI=1S/C16H32N2O/c1-3-11-18(13-14-7-6-10-17-12-14)15-8-4-5-9-16(15)19-2/h14-17H,3-13H2,1-2H3. The summed E-state index contributed by atoms with van der Waals surface area (Å²) < 4.78 is 5.76. The zero-order chi connectivity index (χ0) is 13.5. The summed E-state index contributed by atoms with van der Waals surface area (Å²) in [5, 5.41) is 3.55. The third kappa shape index (κ3) is 4.44. The molecule has 1 aliphatic heterocycles. The van der Waals surface area contributed by atoms with Crippen LogP contribution in [0.25, 0.3) is 0 Å². The van der Waals surface area contributed by atoms with E-state index in [1.165, 1.54) is 71.1 Å². The van der Waals surface area contributed by atoms with Crippen LogP contribution in [0.15, 0.2) is 0 Å². The molecule has 0 amide bonds. The van der Waals surface area contributed by atoms with Crippen LogP contribution in [0.5, 0.6) is 0 Å². The second kappa shape index (κ2) is 8.23. The lowest BCUT2D eigenvalue weighted by Gasteiger charge is -2.41. The minimum atomic E-state index is 0.469.